The minimum atomic E-state index is 1.23. The summed E-state index contributed by atoms with van der Waals surface area (Å²) < 4.78 is 5.29. The smallest absolute Gasteiger partial charge is 0.234 e. The lowest BCUT2D eigenvalue weighted by molar-refractivity contribution is -0.704. The van der Waals surface area contributed by atoms with Crippen molar-refractivity contribution >= 4 is 0 Å². The van der Waals surface area contributed by atoms with E-state index in [9.17, 15) is 0 Å². The van der Waals surface area contributed by atoms with E-state index in [1.807, 2.05) is 0 Å². The standard InChI is InChI=1S/C48H95N2/c1-4-7-10-13-16-18-20-22-24-25-27-29-31-33-36-39-42-45-50-47-46-49(44-41-38-35-15-12-9-6-3)48(50)43-40-37-34-32-30-28-26-23-21-19-17-14-11-8-5-2/h46-47H,4-45H2,1-3H3/q+1. The zero-order valence-electron chi connectivity index (χ0n) is 35.2. The van der Waals surface area contributed by atoms with E-state index in [1.165, 1.54) is 270 Å². The Morgan fingerprint density at radius 1 is 0.340 bits per heavy atom. The molecule has 0 aliphatic carbocycles. The average molecular weight is 700 g/mol. The zero-order valence-corrected chi connectivity index (χ0v) is 35.2. The maximum atomic E-state index is 2.65. The van der Waals surface area contributed by atoms with Crippen LogP contribution in [0.4, 0.5) is 0 Å². The van der Waals surface area contributed by atoms with Crippen LogP contribution in [0.1, 0.15) is 277 Å². The van der Waals surface area contributed by atoms with Crippen LogP contribution in [0.2, 0.25) is 0 Å². The molecule has 0 aliphatic rings. The predicted octanol–water partition coefficient (Wildman–Crippen LogP) is 16.6. The Labute approximate surface area is 317 Å². The summed E-state index contributed by atoms with van der Waals surface area (Å²) in [6.07, 6.45) is 62.3. The molecule has 1 heterocycles. The van der Waals surface area contributed by atoms with Crippen molar-refractivity contribution in [2.45, 2.75) is 291 Å². The van der Waals surface area contributed by atoms with Gasteiger partial charge in [0.25, 0.3) is 5.82 Å². The van der Waals surface area contributed by atoms with E-state index in [1.54, 1.807) is 5.82 Å². The minimum Gasteiger partial charge on any atom is -0.234 e. The molecule has 2 nitrogen and oxygen atoms in total. The fourth-order valence-corrected chi connectivity index (χ4v) is 8.09. The van der Waals surface area contributed by atoms with E-state index >= 15 is 0 Å². The third kappa shape index (κ3) is 30.8. The Kier molecular flexibility index (Phi) is 37.2. The molecule has 0 unspecified atom stereocenters. The van der Waals surface area contributed by atoms with Gasteiger partial charge in [-0.15, -0.1) is 0 Å². The molecule has 0 radical (unpaired) electrons. The molecule has 1 aromatic heterocycles. The van der Waals surface area contributed by atoms with Gasteiger partial charge in [-0.2, -0.15) is 0 Å². The third-order valence-corrected chi connectivity index (χ3v) is 11.6. The number of imidazole rings is 1. The van der Waals surface area contributed by atoms with Gasteiger partial charge in [0.2, 0.25) is 0 Å². The van der Waals surface area contributed by atoms with Crippen LogP contribution in [0.5, 0.6) is 0 Å². The number of aromatic nitrogens is 2. The first-order valence-corrected chi connectivity index (χ1v) is 23.9. The number of aryl methyl sites for hydroxylation is 2. The molecule has 0 saturated carbocycles. The molecule has 0 spiro atoms. The van der Waals surface area contributed by atoms with E-state index < -0.39 is 0 Å². The third-order valence-electron chi connectivity index (χ3n) is 11.6. The van der Waals surface area contributed by atoms with Crippen molar-refractivity contribution in [3.8, 4) is 0 Å². The Hall–Kier alpha value is -0.790. The number of hydrogen-bond donors (Lipinski definition) is 0. The molecular weight excluding hydrogens is 605 g/mol. The van der Waals surface area contributed by atoms with Crippen LogP contribution < -0.4 is 4.57 Å². The highest BCUT2D eigenvalue weighted by Crippen LogP contribution is 2.17. The first kappa shape index (κ1) is 47.2. The van der Waals surface area contributed by atoms with Crippen molar-refractivity contribution in [1.82, 2.24) is 4.57 Å². The fraction of sp³-hybridized carbons (Fsp3) is 0.938. The SMILES string of the molecule is CCCCCCCCCCCCCCCCCCCn1cc[n+](CCCCCCCCC)c1CCCCCCCCCCCCCCCCC. The summed E-state index contributed by atoms with van der Waals surface area (Å²) in [6.45, 7) is 9.41. The molecule has 0 fully saturated rings. The van der Waals surface area contributed by atoms with E-state index in [-0.39, 0.29) is 0 Å². The molecule has 0 bridgehead atoms. The maximum Gasteiger partial charge on any atom is 0.256 e. The fourth-order valence-electron chi connectivity index (χ4n) is 8.09. The van der Waals surface area contributed by atoms with Crippen LogP contribution in [0, 0.1) is 0 Å². The lowest BCUT2D eigenvalue weighted by Gasteiger charge is -2.07. The van der Waals surface area contributed by atoms with Crippen molar-refractivity contribution in [3.63, 3.8) is 0 Å². The van der Waals surface area contributed by atoms with Crippen molar-refractivity contribution < 1.29 is 4.57 Å². The summed E-state index contributed by atoms with van der Waals surface area (Å²) in [5.41, 5.74) is 0. The van der Waals surface area contributed by atoms with E-state index in [0.717, 1.165) is 0 Å². The quantitative estimate of drug-likeness (QED) is 0.0474. The van der Waals surface area contributed by atoms with Gasteiger partial charge in [-0.25, -0.2) is 9.13 Å². The van der Waals surface area contributed by atoms with Crippen LogP contribution in [0.15, 0.2) is 12.4 Å². The monoisotopic (exact) mass is 700 g/mol. The summed E-state index contributed by atoms with van der Waals surface area (Å²) >= 11 is 0. The predicted molar refractivity (Wildman–Crippen MR) is 225 cm³/mol. The van der Waals surface area contributed by atoms with Crippen LogP contribution in [-0.4, -0.2) is 4.57 Å². The second-order valence-corrected chi connectivity index (χ2v) is 16.6. The van der Waals surface area contributed by atoms with E-state index in [0.29, 0.717) is 0 Å². The average Bonchev–Trinajstić information content (AvgIpc) is 3.51. The summed E-state index contributed by atoms with van der Waals surface area (Å²) in [4.78, 5) is 0. The van der Waals surface area contributed by atoms with Gasteiger partial charge in [0.15, 0.2) is 0 Å². The van der Waals surface area contributed by atoms with Gasteiger partial charge in [-0.1, -0.05) is 239 Å². The van der Waals surface area contributed by atoms with Crippen molar-refractivity contribution in [2.75, 3.05) is 0 Å². The number of rotatable bonds is 42. The summed E-state index contributed by atoms with van der Waals surface area (Å²) in [5.74, 6) is 1.63. The Bertz CT molecular complexity index is 766. The Balaban J connectivity index is 2.19. The second kappa shape index (κ2) is 39.4. The van der Waals surface area contributed by atoms with Gasteiger partial charge < -0.3 is 0 Å². The molecule has 0 N–H and O–H groups in total. The number of unbranched alkanes of at least 4 members (excludes halogenated alkanes) is 36. The van der Waals surface area contributed by atoms with Gasteiger partial charge in [-0.05, 0) is 32.1 Å². The maximum absolute atomic E-state index is 2.65. The highest BCUT2D eigenvalue weighted by Gasteiger charge is 2.16. The van der Waals surface area contributed by atoms with Crippen molar-refractivity contribution in [3.05, 3.63) is 18.2 Å². The lowest BCUT2D eigenvalue weighted by atomic mass is 10.0. The first-order valence-electron chi connectivity index (χ1n) is 23.9. The molecule has 2 heteroatoms. The summed E-state index contributed by atoms with van der Waals surface area (Å²) in [7, 11) is 0. The molecule has 0 aromatic carbocycles. The van der Waals surface area contributed by atoms with Gasteiger partial charge in [0, 0.05) is 6.42 Å². The number of nitrogens with zero attached hydrogens (tertiary/aromatic N) is 2. The molecular formula is C48H95N2+. The number of hydrogen-bond acceptors (Lipinski definition) is 0. The minimum absolute atomic E-state index is 1.23. The van der Waals surface area contributed by atoms with E-state index in [4.69, 9.17) is 0 Å². The normalized spacial score (nSPS) is 11.7. The van der Waals surface area contributed by atoms with Crippen LogP contribution in [0.25, 0.3) is 0 Å². The van der Waals surface area contributed by atoms with Crippen molar-refractivity contribution in [2.24, 2.45) is 0 Å². The largest absolute Gasteiger partial charge is 0.256 e. The molecule has 50 heavy (non-hydrogen) atoms. The molecule has 296 valence electrons. The second-order valence-electron chi connectivity index (χ2n) is 16.6. The molecule has 0 aliphatic heterocycles. The summed E-state index contributed by atoms with van der Waals surface area (Å²) in [5, 5.41) is 0. The van der Waals surface area contributed by atoms with E-state index in [2.05, 4.69) is 42.3 Å². The van der Waals surface area contributed by atoms with Crippen LogP contribution in [0.3, 0.4) is 0 Å². The molecule has 1 aromatic rings. The topological polar surface area (TPSA) is 8.81 Å². The summed E-state index contributed by atoms with van der Waals surface area (Å²) in [6, 6.07) is 0. The van der Waals surface area contributed by atoms with Gasteiger partial charge in [0.05, 0.1) is 13.1 Å². The lowest BCUT2D eigenvalue weighted by Crippen LogP contribution is -2.37. The van der Waals surface area contributed by atoms with Gasteiger partial charge in [-0.3, -0.25) is 0 Å². The van der Waals surface area contributed by atoms with Gasteiger partial charge >= 0.3 is 0 Å². The van der Waals surface area contributed by atoms with Gasteiger partial charge in [0.1, 0.15) is 12.4 Å². The Morgan fingerprint density at radius 2 is 0.620 bits per heavy atom. The first-order chi connectivity index (χ1) is 24.8. The van der Waals surface area contributed by atoms with Crippen LogP contribution in [-0.2, 0) is 19.5 Å². The van der Waals surface area contributed by atoms with Crippen LogP contribution >= 0.6 is 0 Å². The highest BCUT2D eigenvalue weighted by molar-refractivity contribution is 4.84. The molecule has 1 rings (SSSR count). The van der Waals surface area contributed by atoms with Crippen molar-refractivity contribution in [1.29, 1.82) is 0 Å². The Morgan fingerprint density at radius 3 is 0.960 bits per heavy atom. The molecule has 0 amide bonds. The zero-order chi connectivity index (χ0) is 35.8. The highest BCUT2D eigenvalue weighted by atomic mass is 15.1. The molecule has 0 saturated heterocycles. The molecule has 0 atom stereocenters.